The average molecular weight is 414 g/mol. The van der Waals surface area contributed by atoms with Crippen LogP contribution in [0.25, 0.3) is 5.57 Å². The summed E-state index contributed by atoms with van der Waals surface area (Å²) in [6.07, 6.45) is 0. The Morgan fingerprint density at radius 2 is 1.61 bits per heavy atom. The molecule has 1 heterocycles. The van der Waals surface area contributed by atoms with E-state index in [1.165, 1.54) is 7.11 Å². The number of imide groups is 1. The van der Waals surface area contributed by atoms with E-state index in [0.717, 1.165) is 4.90 Å². The van der Waals surface area contributed by atoms with Crippen molar-refractivity contribution in [2.75, 3.05) is 23.9 Å². The molecule has 0 atom stereocenters. The van der Waals surface area contributed by atoms with Crippen LogP contribution < -0.4 is 19.7 Å². The van der Waals surface area contributed by atoms with Gasteiger partial charge < -0.3 is 14.8 Å². The number of amides is 2. The van der Waals surface area contributed by atoms with Crippen molar-refractivity contribution in [3.8, 4) is 11.5 Å². The Hall–Kier alpha value is -4.06. The minimum absolute atomic E-state index is 0.204. The Balaban J connectivity index is 1.80. The lowest BCUT2D eigenvalue weighted by molar-refractivity contribution is -0.120. The molecule has 4 rings (SSSR count). The van der Waals surface area contributed by atoms with E-state index < -0.39 is 11.8 Å². The third-order valence-electron chi connectivity index (χ3n) is 4.89. The molecule has 0 spiro atoms. The predicted molar refractivity (Wildman–Crippen MR) is 120 cm³/mol. The molecule has 0 aliphatic carbocycles. The van der Waals surface area contributed by atoms with Crippen molar-refractivity contribution in [3.05, 3.63) is 90.1 Å². The van der Waals surface area contributed by atoms with Crippen LogP contribution in [-0.4, -0.2) is 25.5 Å². The van der Waals surface area contributed by atoms with Gasteiger partial charge in [0, 0.05) is 11.8 Å². The van der Waals surface area contributed by atoms with Crippen molar-refractivity contribution in [2.45, 2.75) is 6.92 Å². The van der Waals surface area contributed by atoms with Crippen LogP contribution in [0, 0.1) is 0 Å². The van der Waals surface area contributed by atoms with E-state index in [9.17, 15) is 9.59 Å². The van der Waals surface area contributed by atoms with E-state index in [4.69, 9.17) is 9.47 Å². The predicted octanol–water partition coefficient (Wildman–Crippen LogP) is 4.49. The monoisotopic (exact) mass is 414 g/mol. The zero-order chi connectivity index (χ0) is 21.8. The van der Waals surface area contributed by atoms with Crippen LogP contribution in [-0.2, 0) is 9.59 Å². The third kappa shape index (κ3) is 3.88. The molecule has 1 aliphatic rings. The highest BCUT2D eigenvalue weighted by atomic mass is 16.5. The maximum atomic E-state index is 13.5. The van der Waals surface area contributed by atoms with Crippen LogP contribution in [0.2, 0.25) is 0 Å². The van der Waals surface area contributed by atoms with Crippen LogP contribution in [0.15, 0.2) is 84.6 Å². The molecule has 0 unspecified atom stereocenters. The number of benzene rings is 3. The maximum Gasteiger partial charge on any atom is 0.282 e. The van der Waals surface area contributed by atoms with E-state index in [1.807, 2.05) is 55.5 Å². The number of carbonyl (C=O) groups excluding carboxylic acids is 2. The lowest BCUT2D eigenvalue weighted by Crippen LogP contribution is -2.32. The number of ether oxygens (including phenoxy) is 2. The zero-order valence-electron chi connectivity index (χ0n) is 17.3. The zero-order valence-corrected chi connectivity index (χ0v) is 17.3. The largest absolute Gasteiger partial charge is 0.495 e. The molecule has 156 valence electrons. The minimum atomic E-state index is -0.449. The minimum Gasteiger partial charge on any atom is -0.495 e. The van der Waals surface area contributed by atoms with Gasteiger partial charge in [0.25, 0.3) is 11.8 Å². The molecule has 0 saturated heterocycles. The standard InChI is InChI=1S/C25H22N2O4/c1-3-31-19-13-9-12-18(16-19)26-23-22(17-10-5-4-6-11-17)24(28)27(25(23)29)20-14-7-8-15-21(20)30-2/h4-16,26H,3H2,1-2H3. The number of methoxy groups -OCH3 is 1. The Morgan fingerprint density at radius 1 is 0.871 bits per heavy atom. The lowest BCUT2D eigenvalue weighted by atomic mass is 10.0. The first-order valence-corrected chi connectivity index (χ1v) is 9.95. The molecule has 3 aromatic carbocycles. The van der Waals surface area contributed by atoms with E-state index >= 15 is 0 Å². The summed E-state index contributed by atoms with van der Waals surface area (Å²) in [4.78, 5) is 28.1. The summed E-state index contributed by atoms with van der Waals surface area (Å²) >= 11 is 0. The van der Waals surface area contributed by atoms with Gasteiger partial charge in [0.1, 0.15) is 17.2 Å². The molecule has 1 aliphatic heterocycles. The summed E-state index contributed by atoms with van der Waals surface area (Å²) in [5.41, 5.74) is 2.21. The summed E-state index contributed by atoms with van der Waals surface area (Å²) in [6, 6.07) is 23.4. The normalized spacial score (nSPS) is 13.5. The number of carbonyl (C=O) groups is 2. The number of para-hydroxylation sites is 2. The molecule has 0 radical (unpaired) electrons. The highest BCUT2D eigenvalue weighted by molar-refractivity contribution is 6.46. The van der Waals surface area contributed by atoms with Crippen LogP contribution in [0.3, 0.4) is 0 Å². The van der Waals surface area contributed by atoms with E-state index in [0.29, 0.717) is 40.6 Å². The number of rotatable bonds is 7. The van der Waals surface area contributed by atoms with Gasteiger partial charge in [-0.1, -0.05) is 48.5 Å². The van der Waals surface area contributed by atoms with E-state index in [-0.39, 0.29) is 5.70 Å². The number of nitrogens with zero attached hydrogens (tertiary/aromatic N) is 1. The number of anilines is 2. The Labute approximate surface area is 180 Å². The van der Waals surface area contributed by atoms with Gasteiger partial charge in [0.15, 0.2) is 0 Å². The molecule has 0 bridgehead atoms. The molecule has 0 saturated carbocycles. The average Bonchev–Trinajstić information content (AvgIpc) is 3.04. The van der Waals surface area contributed by atoms with Crippen molar-refractivity contribution < 1.29 is 19.1 Å². The van der Waals surface area contributed by atoms with Crippen LogP contribution in [0.1, 0.15) is 12.5 Å². The second-order valence-corrected chi connectivity index (χ2v) is 6.82. The first-order chi connectivity index (χ1) is 15.1. The number of nitrogens with one attached hydrogen (secondary N) is 1. The highest BCUT2D eigenvalue weighted by Gasteiger charge is 2.41. The summed E-state index contributed by atoms with van der Waals surface area (Å²) in [5.74, 6) is 0.253. The van der Waals surface area contributed by atoms with Crippen molar-refractivity contribution in [2.24, 2.45) is 0 Å². The van der Waals surface area contributed by atoms with Gasteiger partial charge in [-0.2, -0.15) is 0 Å². The van der Waals surface area contributed by atoms with E-state index in [1.54, 1.807) is 30.3 Å². The molecule has 3 aromatic rings. The SMILES string of the molecule is CCOc1cccc(NC2=C(c3ccccc3)C(=O)N(c3ccccc3OC)C2=O)c1. The summed E-state index contributed by atoms with van der Waals surface area (Å²) in [5, 5.41) is 3.15. The topological polar surface area (TPSA) is 67.9 Å². The van der Waals surface area contributed by atoms with Crippen LogP contribution in [0.5, 0.6) is 11.5 Å². The van der Waals surface area contributed by atoms with E-state index in [2.05, 4.69) is 5.32 Å². The van der Waals surface area contributed by atoms with Crippen molar-refractivity contribution in [1.82, 2.24) is 0 Å². The molecule has 1 N–H and O–H groups in total. The Bertz CT molecular complexity index is 1150. The Morgan fingerprint density at radius 3 is 2.35 bits per heavy atom. The molecule has 6 nitrogen and oxygen atoms in total. The first kappa shape index (κ1) is 20.2. The summed E-state index contributed by atoms with van der Waals surface area (Å²) in [7, 11) is 1.51. The molecular weight excluding hydrogens is 392 g/mol. The summed E-state index contributed by atoms with van der Waals surface area (Å²) < 4.78 is 10.9. The molecule has 31 heavy (non-hydrogen) atoms. The van der Waals surface area contributed by atoms with Crippen molar-refractivity contribution in [1.29, 1.82) is 0 Å². The van der Waals surface area contributed by atoms with Gasteiger partial charge in [-0.3, -0.25) is 9.59 Å². The number of hydrogen-bond acceptors (Lipinski definition) is 5. The fourth-order valence-electron chi connectivity index (χ4n) is 3.53. The van der Waals surface area contributed by atoms with Gasteiger partial charge in [-0.15, -0.1) is 0 Å². The second-order valence-electron chi connectivity index (χ2n) is 6.82. The smallest absolute Gasteiger partial charge is 0.282 e. The molecular formula is C25H22N2O4. The fourth-order valence-corrected chi connectivity index (χ4v) is 3.53. The fraction of sp³-hybridized carbons (Fsp3) is 0.120. The third-order valence-corrected chi connectivity index (χ3v) is 4.89. The van der Waals surface area contributed by atoms with Gasteiger partial charge in [0.2, 0.25) is 0 Å². The second kappa shape index (κ2) is 8.75. The first-order valence-electron chi connectivity index (χ1n) is 9.95. The number of hydrogen-bond donors (Lipinski definition) is 1. The van der Waals surface area contributed by atoms with Gasteiger partial charge in [0.05, 0.1) is 25.0 Å². The van der Waals surface area contributed by atoms with Crippen molar-refractivity contribution >= 4 is 28.8 Å². The van der Waals surface area contributed by atoms with Crippen molar-refractivity contribution in [3.63, 3.8) is 0 Å². The molecule has 0 aromatic heterocycles. The van der Waals surface area contributed by atoms with Gasteiger partial charge in [-0.25, -0.2) is 4.90 Å². The lowest BCUT2D eigenvalue weighted by Gasteiger charge is -2.18. The Kier molecular flexibility index (Phi) is 5.71. The van der Waals surface area contributed by atoms with Crippen LogP contribution in [0.4, 0.5) is 11.4 Å². The summed E-state index contributed by atoms with van der Waals surface area (Å²) in [6.45, 7) is 2.43. The molecule has 6 heteroatoms. The van der Waals surface area contributed by atoms with Gasteiger partial charge >= 0.3 is 0 Å². The molecule has 0 fully saturated rings. The highest BCUT2D eigenvalue weighted by Crippen LogP contribution is 2.37. The quantitative estimate of drug-likeness (QED) is 0.577. The van der Waals surface area contributed by atoms with Crippen LogP contribution >= 0.6 is 0 Å². The molecule has 2 amide bonds. The maximum absolute atomic E-state index is 13.5. The van der Waals surface area contributed by atoms with Gasteiger partial charge in [-0.05, 0) is 36.8 Å².